The highest BCUT2D eigenvalue weighted by molar-refractivity contribution is 5.93. The molecule has 0 N–H and O–H groups in total. The van der Waals surface area contributed by atoms with Gasteiger partial charge in [-0.05, 0) is 0 Å². The van der Waals surface area contributed by atoms with Crippen molar-refractivity contribution in [2.24, 2.45) is 0 Å². The predicted molar refractivity (Wildman–Crippen MR) is 78.9 cm³/mol. The maximum atomic E-state index is 12.5. The average Bonchev–Trinajstić information content (AvgIpc) is 3.23. The summed E-state index contributed by atoms with van der Waals surface area (Å²) in [5, 5.41) is 3.92. The second-order valence-corrected chi connectivity index (χ2v) is 5.21. The van der Waals surface area contributed by atoms with Crippen molar-refractivity contribution in [2.75, 3.05) is 6.54 Å². The maximum absolute atomic E-state index is 12.5. The van der Waals surface area contributed by atoms with Gasteiger partial charge >= 0.3 is 0 Å². The number of fused-ring (bicyclic) bond motifs is 1. The van der Waals surface area contributed by atoms with Gasteiger partial charge in [0.05, 0.1) is 6.54 Å². The molecule has 0 aliphatic carbocycles. The van der Waals surface area contributed by atoms with E-state index >= 15 is 0 Å². The molecule has 1 aliphatic heterocycles. The second-order valence-electron chi connectivity index (χ2n) is 5.21. The number of hydrogen-bond donors (Lipinski definition) is 0. The summed E-state index contributed by atoms with van der Waals surface area (Å²) < 4.78 is 7.36. The molecule has 0 saturated carbocycles. The van der Waals surface area contributed by atoms with Crippen LogP contribution in [0.5, 0.6) is 0 Å². The smallest absolute Gasteiger partial charge is 0.276 e. The van der Waals surface area contributed by atoms with Crippen LogP contribution < -0.4 is 0 Å². The molecule has 0 atom stereocenters. The summed E-state index contributed by atoms with van der Waals surface area (Å²) in [6, 6.07) is 11.3. The first-order chi connectivity index (χ1) is 10.8. The molecule has 6 heteroatoms. The number of aromatic nitrogens is 3. The van der Waals surface area contributed by atoms with Crippen LogP contribution >= 0.6 is 0 Å². The van der Waals surface area contributed by atoms with Gasteiger partial charge < -0.3 is 14.0 Å². The van der Waals surface area contributed by atoms with Gasteiger partial charge in [0.15, 0.2) is 11.5 Å². The van der Waals surface area contributed by atoms with Gasteiger partial charge in [-0.3, -0.25) is 4.79 Å². The highest BCUT2D eigenvalue weighted by Gasteiger charge is 2.24. The van der Waals surface area contributed by atoms with Crippen LogP contribution in [0, 0.1) is 0 Å². The van der Waals surface area contributed by atoms with Gasteiger partial charge in [-0.15, -0.1) is 0 Å². The Bertz CT molecular complexity index is 806. The Morgan fingerprint density at radius 2 is 2.05 bits per heavy atom. The third-order valence-electron chi connectivity index (χ3n) is 3.82. The van der Waals surface area contributed by atoms with E-state index in [0.717, 1.165) is 17.9 Å². The summed E-state index contributed by atoms with van der Waals surface area (Å²) in [7, 11) is 0. The lowest BCUT2D eigenvalue weighted by atomic mass is 10.1. The zero-order chi connectivity index (χ0) is 14.9. The molecule has 6 nitrogen and oxygen atoms in total. The van der Waals surface area contributed by atoms with Gasteiger partial charge in [0.1, 0.15) is 5.82 Å². The monoisotopic (exact) mass is 294 g/mol. The first-order valence-corrected chi connectivity index (χ1v) is 7.13. The normalized spacial score (nSPS) is 13.9. The minimum atomic E-state index is -0.125. The van der Waals surface area contributed by atoms with Gasteiger partial charge in [0, 0.05) is 37.1 Å². The lowest BCUT2D eigenvalue weighted by Crippen LogP contribution is -2.38. The summed E-state index contributed by atoms with van der Waals surface area (Å²) in [4.78, 5) is 18.5. The number of hydrogen-bond acceptors (Lipinski definition) is 4. The van der Waals surface area contributed by atoms with E-state index in [4.69, 9.17) is 4.52 Å². The molecule has 0 fully saturated rings. The Morgan fingerprint density at radius 1 is 1.18 bits per heavy atom. The number of imidazole rings is 1. The predicted octanol–water partition coefficient (Wildman–Crippen LogP) is 2.19. The summed E-state index contributed by atoms with van der Waals surface area (Å²) in [5.41, 5.74) is 1.24. The van der Waals surface area contributed by atoms with Crippen molar-refractivity contribution in [1.29, 1.82) is 0 Å². The van der Waals surface area contributed by atoms with Gasteiger partial charge in [-0.25, -0.2) is 4.98 Å². The van der Waals surface area contributed by atoms with E-state index in [0.29, 0.717) is 24.5 Å². The van der Waals surface area contributed by atoms with E-state index in [1.54, 1.807) is 17.2 Å². The molecule has 2 aromatic heterocycles. The van der Waals surface area contributed by atoms with E-state index in [2.05, 4.69) is 14.7 Å². The van der Waals surface area contributed by atoms with Crippen LogP contribution in [-0.4, -0.2) is 32.1 Å². The molecular weight excluding hydrogens is 280 g/mol. The van der Waals surface area contributed by atoms with Crippen LogP contribution in [0.1, 0.15) is 16.3 Å². The second kappa shape index (κ2) is 5.14. The summed E-state index contributed by atoms with van der Waals surface area (Å²) in [6.07, 6.45) is 3.69. The van der Waals surface area contributed by atoms with Gasteiger partial charge in [0.2, 0.25) is 0 Å². The zero-order valence-corrected chi connectivity index (χ0v) is 11.8. The van der Waals surface area contributed by atoms with E-state index in [9.17, 15) is 4.79 Å². The van der Waals surface area contributed by atoms with Gasteiger partial charge in [-0.2, -0.15) is 0 Å². The molecule has 3 heterocycles. The van der Waals surface area contributed by atoms with Crippen LogP contribution in [0.2, 0.25) is 0 Å². The number of rotatable bonds is 2. The number of carbonyl (C=O) groups is 1. The number of carbonyl (C=O) groups excluding carboxylic acids is 1. The third-order valence-corrected chi connectivity index (χ3v) is 3.82. The van der Waals surface area contributed by atoms with Crippen molar-refractivity contribution < 1.29 is 9.32 Å². The fourth-order valence-corrected chi connectivity index (χ4v) is 2.62. The van der Waals surface area contributed by atoms with Crippen molar-refractivity contribution >= 4 is 5.91 Å². The van der Waals surface area contributed by atoms with Crippen molar-refractivity contribution in [2.45, 2.75) is 13.1 Å². The first-order valence-electron chi connectivity index (χ1n) is 7.13. The molecule has 110 valence electrons. The molecule has 0 unspecified atom stereocenters. The summed E-state index contributed by atoms with van der Waals surface area (Å²) in [5.74, 6) is 1.37. The van der Waals surface area contributed by atoms with Crippen LogP contribution in [0.3, 0.4) is 0 Å². The largest absolute Gasteiger partial charge is 0.355 e. The third kappa shape index (κ3) is 2.18. The molecule has 0 bridgehead atoms. The molecule has 1 aromatic carbocycles. The molecular formula is C16H14N4O2. The molecule has 22 heavy (non-hydrogen) atoms. The van der Waals surface area contributed by atoms with Crippen LogP contribution in [0.4, 0.5) is 0 Å². The Morgan fingerprint density at radius 3 is 2.91 bits per heavy atom. The lowest BCUT2D eigenvalue weighted by Gasteiger charge is -2.26. The average molecular weight is 294 g/mol. The molecule has 1 aliphatic rings. The van der Waals surface area contributed by atoms with E-state index < -0.39 is 0 Å². The Balaban J connectivity index is 1.56. The van der Waals surface area contributed by atoms with Gasteiger partial charge in [0.25, 0.3) is 5.91 Å². The summed E-state index contributed by atoms with van der Waals surface area (Å²) in [6.45, 7) is 1.90. The van der Waals surface area contributed by atoms with Crippen LogP contribution in [0.15, 0.2) is 53.3 Å². The van der Waals surface area contributed by atoms with E-state index in [1.165, 1.54) is 0 Å². The topological polar surface area (TPSA) is 64.2 Å². The molecule has 1 amide bonds. The molecule has 4 rings (SSSR count). The molecule has 3 aromatic rings. The van der Waals surface area contributed by atoms with E-state index in [1.807, 2.05) is 36.5 Å². The van der Waals surface area contributed by atoms with Crippen LogP contribution in [-0.2, 0) is 13.1 Å². The minimum absolute atomic E-state index is 0.125. The van der Waals surface area contributed by atoms with Crippen molar-refractivity contribution in [1.82, 2.24) is 19.6 Å². The highest BCUT2D eigenvalue weighted by Crippen LogP contribution is 2.21. The fourth-order valence-electron chi connectivity index (χ4n) is 2.62. The minimum Gasteiger partial charge on any atom is -0.355 e. The van der Waals surface area contributed by atoms with E-state index in [-0.39, 0.29) is 5.91 Å². The quantitative estimate of drug-likeness (QED) is 0.727. The molecule has 0 spiro atoms. The molecule has 0 saturated heterocycles. The SMILES string of the molecule is O=C(c1cc(-c2ccccc2)on1)N1CCn2ccnc2C1. The highest BCUT2D eigenvalue weighted by atomic mass is 16.5. The lowest BCUT2D eigenvalue weighted by molar-refractivity contribution is 0.0697. The van der Waals surface area contributed by atoms with Crippen LogP contribution in [0.25, 0.3) is 11.3 Å². The Hall–Kier alpha value is -2.89. The fraction of sp³-hybridized carbons (Fsp3) is 0.188. The Kier molecular flexibility index (Phi) is 3.00. The summed E-state index contributed by atoms with van der Waals surface area (Å²) >= 11 is 0. The van der Waals surface area contributed by atoms with Crippen molar-refractivity contribution in [3.05, 3.63) is 60.3 Å². The maximum Gasteiger partial charge on any atom is 0.276 e. The number of amides is 1. The van der Waals surface area contributed by atoms with Crippen molar-refractivity contribution in [3.8, 4) is 11.3 Å². The van der Waals surface area contributed by atoms with Crippen molar-refractivity contribution in [3.63, 3.8) is 0 Å². The number of nitrogens with zero attached hydrogens (tertiary/aromatic N) is 4. The molecule has 0 radical (unpaired) electrons. The zero-order valence-electron chi connectivity index (χ0n) is 11.8. The Labute approximate surface area is 127 Å². The number of benzene rings is 1. The van der Waals surface area contributed by atoms with Gasteiger partial charge in [-0.1, -0.05) is 35.5 Å². The standard InChI is InChI=1S/C16H14N4O2/c21-16(20-9-8-19-7-6-17-15(19)11-20)13-10-14(22-18-13)12-4-2-1-3-5-12/h1-7,10H,8-9,11H2. The first kappa shape index (κ1) is 12.8.